The molecular weight excluding hydrogens is 206 g/mol. The third-order valence-corrected chi connectivity index (χ3v) is 1.21. The molecule has 0 rings (SSSR count). The molecule has 0 heterocycles. The Morgan fingerprint density at radius 2 is 2.25 bits per heavy atom. The molecule has 0 saturated heterocycles. The molecule has 0 aliphatic carbocycles. The van der Waals surface area contributed by atoms with Crippen LogP contribution in [-0.4, -0.2) is 10.0 Å². The van der Waals surface area contributed by atoms with Gasteiger partial charge in [-0.25, -0.2) is 0 Å². The van der Waals surface area contributed by atoms with Crippen molar-refractivity contribution >= 4 is 24.9 Å². The van der Waals surface area contributed by atoms with Gasteiger partial charge in [0.1, 0.15) is 0 Å². The van der Waals surface area contributed by atoms with Crippen LogP contribution in [0.15, 0.2) is 0 Å². The average molecular weight is 208 g/mol. The third kappa shape index (κ3) is 3.14. The Kier molecular flexibility index (Phi) is 5.33. The first-order valence-corrected chi connectivity index (χ1v) is 6.00. The van der Waals surface area contributed by atoms with E-state index >= 15 is 0 Å². The first kappa shape index (κ1) is 5.14. The van der Waals surface area contributed by atoms with Gasteiger partial charge in [-0.2, -0.15) is 0 Å². The van der Waals surface area contributed by atoms with E-state index in [-0.39, 0.29) is 12.4 Å². The molecule has 4 heavy (non-hydrogen) atoms. The zero-order valence-corrected chi connectivity index (χ0v) is 5.40. The van der Waals surface area contributed by atoms with Gasteiger partial charge in [0.25, 0.3) is 0 Å². The van der Waals surface area contributed by atoms with E-state index < -0.39 is 0 Å². The zero-order valence-electron chi connectivity index (χ0n) is 1.85. The molecule has 0 spiro atoms. The minimum absolute atomic E-state index is 0.116. The summed E-state index contributed by atoms with van der Waals surface area (Å²) in [6.45, 7) is 0. The molecular formula is CH2IOV. The maximum atomic E-state index is 7.78. The Morgan fingerprint density at radius 1 is 2.00 bits per heavy atom. The second-order valence-corrected chi connectivity index (χ2v) is 3.18. The molecule has 0 unspecified atom stereocenters. The molecule has 0 aromatic heterocycles. The van der Waals surface area contributed by atoms with Crippen LogP contribution in [0.3, 0.4) is 0 Å². The molecule has 0 atom stereocenters. The second-order valence-electron chi connectivity index (χ2n) is 0.213. The van der Waals surface area contributed by atoms with E-state index in [4.69, 9.17) is 5.11 Å². The topological polar surface area (TPSA) is 20.2 Å². The summed E-state index contributed by atoms with van der Waals surface area (Å²) in [5.74, 6) is 0. The van der Waals surface area contributed by atoms with Crippen molar-refractivity contribution in [3.05, 3.63) is 0 Å². The summed E-state index contributed by atoms with van der Waals surface area (Å²) in [5, 5.41) is 7.78. The first-order chi connectivity index (χ1) is 1.91. The van der Waals surface area contributed by atoms with Gasteiger partial charge in [-0.05, 0) is 0 Å². The van der Waals surface area contributed by atoms with Crippen LogP contribution in [-0.2, 0) is 12.4 Å². The molecule has 0 aliphatic rings. The SMILES string of the molecule is O[CH]=[V][I]. The fraction of sp³-hybridized carbons (Fsp3) is 0. The molecule has 3 heteroatoms. The van der Waals surface area contributed by atoms with E-state index in [1.165, 1.54) is 4.92 Å². The molecule has 0 saturated carbocycles. The van der Waals surface area contributed by atoms with Gasteiger partial charge in [0, 0.05) is 0 Å². The molecule has 0 aliphatic heterocycles. The molecule has 0 aromatic carbocycles. The van der Waals surface area contributed by atoms with E-state index in [2.05, 4.69) is 20.0 Å². The summed E-state index contributed by atoms with van der Waals surface area (Å²) < 4.78 is 0. The molecule has 0 fully saturated rings. The molecule has 0 radical (unpaired) electrons. The van der Waals surface area contributed by atoms with Crippen LogP contribution in [0, 0.1) is 0 Å². The summed E-state index contributed by atoms with van der Waals surface area (Å²) in [5.41, 5.74) is 0. The van der Waals surface area contributed by atoms with Crippen LogP contribution >= 0.6 is 20.0 Å². The van der Waals surface area contributed by atoms with Crippen molar-refractivity contribution in [1.82, 2.24) is 0 Å². The van der Waals surface area contributed by atoms with Crippen LogP contribution in [0.1, 0.15) is 0 Å². The monoisotopic (exact) mass is 208 g/mol. The van der Waals surface area contributed by atoms with Crippen LogP contribution < -0.4 is 0 Å². The van der Waals surface area contributed by atoms with E-state index in [0.29, 0.717) is 0 Å². The van der Waals surface area contributed by atoms with Crippen LogP contribution in [0.5, 0.6) is 0 Å². The number of halogens is 1. The van der Waals surface area contributed by atoms with E-state index in [1.54, 1.807) is 0 Å². The average Bonchev–Trinajstić information content (AvgIpc) is 1.37. The van der Waals surface area contributed by atoms with Crippen molar-refractivity contribution in [2.75, 3.05) is 0 Å². The van der Waals surface area contributed by atoms with E-state index in [9.17, 15) is 0 Å². The van der Waals surface area contributed by atoms with Gasteiger partial charge in [-0.3, -0.25) is 0 Å². The molecule has 0 aromatic rings. The van der Waals surface area contributed by atoms with Crippen LogP contribution in [0.2, 0.25) is 0 Å². The van der Waals surface area contributed by atoms with Crippen molar-refractivity contribution < 1.29 is 17.5 Å². The van der Waals surface area contributed by atoms with Gasteiger partial charge in [-0.1, -0.05) is 0 Å². The number of hydrogen-bond donors (Lipinski definition) is 1. The van der Waals surface area contributed by atoms with Crippen LogP contribution in [0.4, 0.5) is 0 Å². The van der Waals surface area contributed by atoms with Crippen LogP contribution in [0.25, 0.3) is 0 Å². The fourth-order valence-corrected chi connectivity index (χ4v) is 0. The Labute approximate surface area is 42.4 Å². The van der Waals surface area contributed by atoms with Gasteiger partial charge in [0.15, 0.2) is 0 Å². The number of aliphatic hydroxyl groups excluding tert-OH is 1. The van der Waals surface area contributed by atoms with E-state index in [1.807, 2.05) is 0 Å². The van der Waals surface area contributed by atoms with Gasteiger partial charge in [0.2, 0.25) is 0 Å². The number of aliphatic hydroxyl groups is 1. The first-order valence-electron chi connectivity index (χ1n) is 0.685. The fourth-order valence-electron chi connectivity index (χ4n) is 0. The molecule has 0 bridgehead atoms. The summed E-state index contributed by atoms with van der Waals surface area (Å²) in [6, 6.07) is 0. The van der Waals surface area contributed by atoms with Gasteiger partial charge in [0.05, 0.1) is 0 Å². The van der Waals surface area contributed by atoms with Crippen molar-refractivity contribution in [3.8, 4) is 0 Å². The predicted molar refractivity (Wildman–Crippen MR) is 22.0 cm³/mol. The zero-order chi connectivity index (χ0) is 3.41. The van der Waals surface area contributed by atoms with Gasteiger partial charge < -0.3 is 0 Å². The third-order valence-electron chi connectivity index (χ3n) is 0.0436. The molecule has 24 valence electrons. The van der Waals surface area contributed by atoms with Gasteiger partial charge >= 0.3 is 42.4 Å². The predicted octanol–water partition coefficient (Wildman–Crippen LogP) is 0.551. The summed E-state index contributed by atoms with van der Waals surface area (Å²) in [7, 11) is 0. The summed E-state index contributed by atoms with van der Waals surface area (Å²) in [6.07, 6.45) is 0. The summed E-state index contributed by atoms with van der Waals surface area (Å²) >= 11 is 2.26. The maximum absolute atomic E-state index is 7.78. The molecule has 0 amide bonds. The molecule has 1 N–H and O–H groups in total. The van der Waals surface area contributed by atoms with Gasteiger partial charge in [-0.15, -0.1) is 0 Å². The normalized spacial score (nSPS) is 9.50. The van der Waals surface area contributed by atoms with Crippen molar-refractivity contribution in [2.45, 2.75) is 0 Å². The molecule has 1 nitrogen and oxygen atoms in total. The minimum atomic E-state index is 0.116. The second kappa shape index (κ2) is 4.14. The van der Waals surface area contributed by atoms with E-state index in [0.717, 1.165) is 0 Å². The van der Waals surface area contributed by atoms with Crippen molar-refractivity contribution in [3.63, 3.8) is 0 Å². The standard InChI is InChI=1S/CH2O.HI.V/c1-2;;/h1-2H;1H;/q;;+1/p-1. The number of rotatable bonds is 0. The number of hydrogen-bond acceptors (Lipinski definition) is 1. The Bertz CT molecular complexity index is 23.2. The Hall–Kier alpha value is 1.14. The van der Waals surface area contributed by atoms with Crippen molar-refractivity contribution in [1.29, 1.82) is 0 Å². The Balaban J connectivity index is 2.55. The quantitative estimate of drug-likeness (QED) is 0.576. The summed E-state index contributed by atoms with van der Waals surface area (Å²) in [4.78, 5) is 1.21. The Morgan fingerprint density at radius 3 is 2.25 bits per heavy atom. The van der Waals surface area contributed by atoms with Crippen molar-refractivity contribution in [2.24, 2.45) is 0 Å².